The van der Waals surface area contributed by atoms with Crippen molar-refractivity contribution in [1.29, 1.82) is 10.5 Å². The van der Waals surface area contributed by atoms with E-state index in [-0.39, 0.29) is 22.5 Å². The summed E-state index contributed by atoms with van der Waals surface area (Å²) in [5, 5.41) is 32.2. The van der Waals surface area contributed by atoms with Crippen LogP contribution < -0.4 is 11.3 Å². The normalized spacial score (nSPS) is 10.0. The van der Waals surface area contributed by atoms with Gasteiger partial charge in [-0.05, 0) is 16.8 Å². The number of hydrogen-bond acceptors (Lipinski definition) is 7. The number of anilines is 1. The molecule has 1 aromatic carbocycles. The van der Waals surface area contributed by atoms with Gasteiger partial charge in [-0.3, -0.25) is 4.79 Å². The lowest BCUT2D eigenvalue weighted by molar-refractivity contribution is 0.881. The summed E-state index contributed by atoms with van der Waals surface area (Å²) < 4.78 is 0. The average Bonchev–Trinajstić information content (AvgIpc) is 3.09. The highest BCUT2D eigenvalue weighted by molar-refractivity contribution is 5.82. The van der Waals surface area contributed by atoms with Gasteiger partial charge in [-0.25, -0.2) is 0 Å². The van der Waals surface area contributed by atoms with Gasteiger partial charge in [-0.15, -0.1) is 10.2 Å². The number of tetrazole rings is 1. The van der Waals surface area contributed by atoms with Crippen LogP contribution in [0.4, 0.5) is 5.82 Å². The van der Waals surface area contributed by atoms with E-state index in [0.717, 1.165) is 0 Å². The standard InChI is InChI=1S/C14H8N8O/c15-5-9-11(10(6-16)14(23)18-12(9)17)7-2-1-3-8(4-7)13-19-21-22-20-13/h1-4H,(H3,17,18,23)(H,19,20,21,22). The quantitative estimate of drug-likeness (QED) is 0.622. The Morgan fingerprint density at radius 3 is 2.52 bits per heavy atom. The number of nitrogen functional groups attached to an aromatic ring is 1. The Bertz CT molecular complexity index is 1020. The first kappa shape index (κ1) is 14.0. The molecule has 2 heterocycles. The maximum atomic E-state index is 11.9. The third kappa shape index (κ3) is 2.28. The fourth-order valence-electron chi connectivity index (χ4n) is 2.23. The van der Waals surface area contributed by atoms with E-state index in [0.29, 0.717) is 17.0 Å². The van der Waals surface area contributed by atoms with E-state index in [1.165, 1.54) is 0 Å². The number of nitrogens with one attached hydrogen (secondary N) is 2. The van der Waals surface area contributed by atoms with Crippen molar-refractivity contribution in [2.75, 3.05) is 5.73 Å². The zero-order valence-electron chi connectivity index (χ0n) is 11.5. The van der Waals surface area contributed by atoms with E-state index >= 15 is 0 Å². The Hall–Kier alpha value is -3.98. The number of benzene rings is 1. The molecule has 3 aromatic rings. The van der Waals surface area contributed by atoms with E-state index in [9.17, 15) is 15.3 Å². The maximum Gasteiger partial charge on any atom is 0.268 e. The molecule has 0 bridgehead atoms. The van der Waals surface area contributed by atoms with Crippen molar-refractivity contribution < 1.29 is 0 Å². The summed E-state index contributed by atoms with van der Waals surface area (Å²) in [6, 6.07) is 10.5. The predicted octanol–water partition coefficient (Wildman–Crippen LogP) is 0.548. The number of nitrogens with zero attached hydrogens (tertiary/aromatic N) is 5. The first-order valence-corrected chi connectivity index (χ1v) is 6.36. The monoisotopic (exact) mass is 304 g/mol. The molecular formula is C14H8N8O. The van der Waals surface area contributed by atoms with Crippen molar-refractivity contribution in [2.24, 2.45) is 0 Å². The van der Waals surface area contributed by atoms with E-state index in [2.05, 4.69) is 25.6 Å². The summed E-state index contributed by atoms with van der Waals surface area (Å²) in [6.45, 7) is 0. The molecule has 0 saturated heterocycles. The summed E-state index contributed by atoms with van der Waals surface area (Å²) in [4.78, 5) is 14.2. The first-order chi connectivity index (χ1) is 11.2. The third-order valence-electron chi connectivity index (χ3n) is 3.22. The molecule has 0 atom stereocenters. The molecule has 0 aliphatic carbocycles. The Morgan fingerprint density at radius 2 is 1.87 bits per heavy atom. The van der Waals surface area contributed by atoms with Gasteiger partial charge in [0, 0.05) is 11.1 Å². The summed E-state index contributed by atoms with van der Waals surface area (Å²) in [5.41, 5.74) is 6.18. The Labute approximate surface area is 129 Å². The molecule has 0 aliphatic heterocycles. The zero-order chi connectivity index (χ0) is 16.4. The predicted molar refractivity (Wildman–Crippen MR) is 79.5 cm³/mol. The molecule has 110 valence electrons. The van der Waals surface area contributed by atoms with Gasteiger partial charge in [0.1, 0.15) is 29.1 Å². The number of rotatable bonds is 2. The van der Waals surface area contributed by atoms with Crippen molar-refractivity contribution in [3.8, 4) is 34.7 Å². The number of H-pyrrole nitrogens is 2. The van der Waals surface area contributed by atoms with Crippen LogP contribution in [0.5, 0.6) is 0 Å². The van der Waals surface area contributed by atoms with Crippen LogP contribution in [0.3, 0.4) is 0 Å². The minimum absolute atomic E-state index is 0.0337. The molecule has 23 heavy (non-hydrogen) atoms. The first-order valence-electron chi connectivity index (χ1n) is 6.36. The summed E-state index contributed by atoms with van der Waals surface area (Å²) in [6.07, 6.45) is 0. The number of pyridine rings is 1. The van der Waals surface area contributed by atoms with Crippen molar-refractivity contribution in [3.05, 3.63) is 45.7 Å². The molecule has 9 nitrogen and oxygen atoms in total. The Kier molecular flexibility index (Phi) is 3.30. The van der Waals surface area contributed by atoms with Crippen LogP contribution in [0.1, 0.15) is 11.1 Å². The second kappa shape index (κ2) is 5.42. The fourth-order valence-corrected chi connectivity index (χ4v) is 2.23. The van der Waals surface area contributed by atoms with Gasteiger partial charge in [0.15, 0.2) is 0 Å². The highest BCUT2D eigenvalue weighted by atomic mass is 16.1. The maximum absolute atomic E-state index is 11.9. The minimum atomic E-state index is -0.649. The molecule has 3 rings (SSSR count). The van der Waals surface area contributed by atoms with Gasteiger partial charge in [0.25, 0.3) is 5.56 Å². The molecule has 0 fully saturated rings. The van der Waals surface area contributed by atoms with Crippen LogP contribution >= 0.6 is 0 Å². The van der Waals surface area contributed by atoms with Crippen LogP contribution in [-0.2, 0) is 0 Å². The average molecular weight is 304 g/mol. The summed E-state index contributed by atoms with van der Waals surface area (Å²) in [7, 11) is 0. The molecule has 4 N–H and O–H groups in total. The smallest absolute Gasteiger partial charge is 0.268 e. The third-order valence-corrected chi connectivity index (χ3v) is 3.22. The molecule has 0 unspecified atom stereocenters. The SMILES string of the molecule is N#Cc1c(N)[nH]c(=O)c(C#N)c1-c1cccc(-c2nn[nH]n2)c1. The summed E-state index contributed by atoms with van der Waals surface area (Å²) >= 11 is 0. The van der Waals surface area contributed by atoms with Crippen LogP contribution in [0, 0.1) is 22.7 Å². The zero-order valence-corrected chi connectivity index (χ0v) is 11.5. The van der Waals surface area contributed by atoms with Crippen molar-refractivity contribution in [3.63, 3.8) is 0 Å². The molecule has 0 saturated carbocycles. The van der Waals surface area contributed by atoms with Gasteiger partial charge in [-0.1, -0.05) is 18.2 Å². The molecule has 0 spiro atoms. The lowest BCUT2D eigenvalue weighted by atomic mass is 9.95. The minimum Gasteiger partial charge on any atom is -0.384 e. The second-order valence-corrected chi connectivity index (χ2v) is 4.53. The van der Waals surface area contributed by atoms with Crippen LogP contribution in [0.25, 0.3) is 22.5 Å². The highest BCUT2D eigenvalue weighted by Gasteiger charge is 2.18. The van der Waals surface area contributed by atoms with E-state index < -0.39 is 5.56 Å². The lowest BCUT2D eigenvalue weighted by Gasteiger charge is -2.09. The van der Waals surface area contributed by atoms with E-state index in [1.54, 1.807) is 24.3 Å². The Morgan fingerprint density at radius 1 is 1.13 bits per heavy atom. The number of nitrogens with two attached hydrogens (primary N) is 1. The number of hydrogen-bond donors (Lipinski definition) is 3. The molecule has 0 radical (unpaired) electrons. The largest absolute Gasteiger partial charge is 0.384 e. The molecule has 0 aliphatic rings. The summed E-state index contributed by atoms with van der Waals surface area (Å²) in [5.74, 6) is 0.262. The molecule has 2 aromatic heterocycles. The van der Waals surface area contributed by atoms with Gasteiger partial charge >= 0.3 is 0 Å². The van der Waals surface area contributed by atoms with Crippen molar-refractivity contribution in [1.82, 2.24) is 25.6 Å². The molecule has 9 heteroatoms. The van der Waals surface area contributed by atoms with Gasteiger partial charge in [-0.2, -0.15) is 15.7 Å². The number of aromatic nitrogens is 5. The van der Waals surface area contributed by atoms with E-state index in [1.807, 2.05) is 12.1 Å². The van der Waals surface area contributed by atoms with Gasteiger partial charge in [0.05, 0.1) is 0 Å². The number of aromatic amines is 2. The Balaban J connectivity index is 2.32. The van der Waals surface area contributed by atoms with Crippen molar-refractivity contribution in [2.45, 2.75) is 0 Å². The fraction of sp³-hybridized carbons (Fsp3) is 0. The van der Waals surface area contributed by atoms with Gasteiger partial charge < -0.3 is 10.7 Å². The second-order valence-electron chi connectivity index (χ2n) is 4.53. The van der Waals surface area contributed by atoms with Crippen LogP contribution in [0.15, 0.2) is 29.1 Å². The topological polar surface area (TPSA) is 161 Å². The van der Waals surface area contributed by atoms with Crippen LogP contribution in [-0.4, -0.2) is 25.6 Å². The van der Waals surface area contributed by atoms with Crippen LogP contribution in [0.2, 0.25) is 0 Å². The molecule has 0 amide bonds. The molecular weight excluding hydrogens is 296 g/mol. The highest BCUT2D eigenvalue weighted by Crippen LogP contribution is 2.30. The van der Waals surface area contributed by atoms with E-state index in [4.69, 9.17) is 5.73 Å². The lowest BCUT2D eigenvalue weighted by Crippen LogP contribution is -2.16. The number of nitriles is 2. The van der Waals surface area contributed by atoms with Crippen molar-refractivity contribution >= 4 is 5.82 Å². The van der Waals surface area contributed by atoms with Gasteiger partial charge in [0.2, 0.25) is 5.82 Å².